The maximum Gasteiger partial charge on any atom is 0.124 e. The van der Waals surface area contributed by atoms with E-state index >= 15 is 0 Å². The van der Waals surface area contributed by atoms with E-state index in [0.717, 1.165) is 18.7 Å². The molecule has 2 rings (SSSR count). The lowest BCUT2D eigenvalue weighted by molar-refractivity contribution is 0.229. The fourth-order valence-corrected chi connectivity index (χ4v) is 2.54. The fourth-order valence-electron chi connectivity index (χ4n) is 2.31. The van der Waals surface area contributed by atoms with Crippen molar-refractivity contribution in [2.75, 3.05) is 26.2 Å². The molecule has 1 heterocycles. The molecule has 0 radical (unpaired) electrons. The van der Waals surface area contributed by atoms with Crippen LogP contribution in [0.15, 0.2) is 18.2 Å². The van der Waals surface area contributed by atoms with Crippen molar-refractivity contribution in [3.63, 3.8) is 0 Å². The standard InChI is InChI=1S/C14H20ClFN2/c15-14-10-13(16)5-4-12(14)11-17-6-9-18-7-2-1-3-8-18/h4-5,10,17H,1-3,6-9,11H2. The minimum absolute atomic E-state index is 0.280. The van der Waals surface area contributed by atoms with Gasteiger partial charge in [0.25, 0.3) is 0 Å². The molecule has 1 aromatic rings. The molecule has 2 nitrogen and oxygen atoms in total. The normalized spacial score (nSPS) is 17.0. The second-order valence-electron chi connectivity index (χ2n) is 4.81. The Labute approximate surface area is 113 Å². The van der Waals surface area contributed by atoms with Crippen LogP contribution in [0, 0.1) is 5.82 Å². The van der Waals surface area contributed by atoms with Crippen molar-refractivity contribution in [1.82, 2.24) is 10.2 Å². The maximum absolute atomic E-state index is 12.9. The molecule has 18 heavy (non-hydrogen) atoms. The van der Waals surface area contributed by atoms with Crippen LogP contribution in [0.4, 0.5) is 4.39 Å². The van der Waals surface area contributed by atoms with Crippen LogP contribution in [-0.4, -0.2) is 31.1 Å². The molecule has 0 atom stereocenters. The summed E-state index contributed by atoms with van der Waals surface area (Å²) in [5.41, 5.74) is 0.955. The molecule has 1 aliphatic rings. The fraction of sp³-hybridized carbons (Fsp3) is 0.571. The third-order valence-electron chi connectivity index (χ3n) is 3.38. The predicted molar refractivity (Wildman–Crippen MR) is 73.4 cm³/mol. The van der Waals surface area contributed by atoms with Gasteiger partial charge in [0.2, 0.25) is 0 Å². The molecule has 0 spiro atoms. The lowest BCUT2D eigenvalue weighted by Gasteiger charge is -2.26. The highest BCUT2D eigenvalue weighted by Crippen LogP contribution is 2.16. The van der Waals surface area contributed by atoms with Crippen LogP contribution in [-0.2, 0) is 6.54 Å². The molecule has 0 amide bonds. The van der Waals surface area contributed by atoms with E-state index in [2.05, 4.69) is 10.2 Å². The summed E-state index contributed by atoms with van der Waals surface area (Å²) in [5.74, 6) is -0.280. The number of hydrogen-bond donors (Lipinski definition) is 1. The SMILES string of the molecule is Fc1ccc(CNCCN2CCCCC2)c(Cl)c1. The summed E-state index contributed by atoms with van der Waals surface area (Å²) in [6.45, 7) is 5.18. The topological polar surface area (TPSA) is 15.3 Å². The molecule has 0 saturated carbocycles. The Hall–Kier alpha value is -0.640. The molecule has 0 bridgehead atoms. The van der Waals surface area contributed by atoms with Crippen LogP contribution in [0.2, 0.25) is 5.02 Å². The van der Waals surface area contributed by atoms with Gasteiger partial charge in [0.05, 0.1) is 0 Å². The Balaban J connectivity index is 1.68. The second kappa shape index (κ2) is 7.07. The molecule has 0 unspecified atom stereocenters. The van der Waals surface area contributed by atoms with Gasteiger partial charge in [-0.25, -0.2) is 4.39 Å². The van der Waals surface area contributed by atoms with Crippen molar-refractivity contribution in [1.29, 1.82) is 0 Å². The quantitative estimate of drug-likeness (QED) is 0.828. The number of rotatable bonds is 5. The third kappa shape index (κ3) is 4.23. The van der Waals surface area contributed by atoms with Gasteiger partial charge in [-0.15, -0.1) is 0 Å². The highest BCUT2D eigenvalue weighted by Gasteiger charge is 2.09. The van der Waals surface area contributed by atoms with Crippen molar-refractivity contribution >= 4 is 11.6 Å². The van der Waals surface area contributed by atoms with E-state index in [1.807, 2.05) is 0 Å². The first kappa shape index (κ1) is 13.8. The first-order valence-electron chi connectivity index (χ1n) is 6.63. The molecule has 1 aromatic carbocycles. The van der Waals surface area contributed by atoms with Crippen LogP contribution in [0.1, 0.15) is 24.8 Å². The van der Waals surface area contributed by atoms with Crippen molar-refractivity contribution in [2.45, 2.75) is 25.8 Å². The maximum atomic E-state index is 12.9. The van der Waals surface area contributed by atoms with E-state index in [4.69, 9.17) is 11.6 Å². The second-order valence-corrected chi connectivity index (χ2v) is 5.22. The number of benzene rings is 1. The molecule has 0 aliphatic carbocycles. The summed E-state index contributed by atoms with van der Waals surface area (Å²) in [4.78, 5) is 2.49. The minimum Gasteiger partial charge on any atom is -0.311 e. The molecule has 1 aliphatic heterocycles. The van der Waals surface area contributed by atoms with Crippen LogP contribution < -0.4 is 5.32 Å². The average Bonchev–Trinajstić information content (AvgIpc) is 2.38. The molecule has 4 heteroatoms. The van der Waals surface area contributed by atoms with Gasteiger partial charge in [0, 0.05) is 24.7 Å². The highest BCUT2D eigenvalue weighted by atomic mass is 35.5. The van der Waals surface area contributed by atoms with Gasteiger partial charge in [-0.1, -0.05) is 24.1 Å². The van der Waals surface area contributed by atoms with Gasteiger partial charge in [-0.3, -0.25) is 0 Å². The molecule has 1 fully saturated rings. The summed E-state index contributed by atoms with van der Waals surface area (Å²) in [6.07, 6.45) is 4.02. The van der Waals surface area contributed by atoms with E-state index < -0.39 is 0 Å². The number of nitrogens with one attached hydrogen (secondary N) is 1. The monoisotopic (exact) mass is 270 g/mol. The molecule has 1 N–H and O–H groups in total. The van der Waals surface area contributed by atoms with Gasteiger partial charge in [-0.05, 0) is 43.6 Å². The van der Waals surface area contributed by atoms with E-state index in [9.17, 15) is 4.39 Å². The zero-order chi connectivity index (χ0) is 12.8. The van der Waals surface area contributed by atoms with E-state index in [-0.39, 0.29) is 5.82 Å². The van der Waals surface area contributed by atoms with Gasteiger partial charge < -0.3 is 10.2 Å². The Morgan fingerprint density at radius 1 is 1.22 bits per heavy atom. The highest BCUT2D eigenvalue weighted by molar-refractivity contribution is 6.31. The lowest BCUT2D eigenvalue weighted by Crippen LogP contribution is -2.35. The number of likely N-dealkylation sites (tertiary alicyclic amines) is 1. The number of halogens is 2. The summed E-state index contributed by atoms with van der Waals surface area (Å²) in [5, 5.41) is 3.86. The number of hydrogen-bond acceptors (Lipinski definition) is 2. The van der Waals surface area contributed by atoms with E-state index in [1.54, 1.807) is 6.07 Å². The summed E-state index contributed by atoms with van der Waals surface area (Å²) in [7, 11) is 0. The van der Waals surface area contributed by atoms with E-state index in [1.165, 1.54) is 44.5 Å². The van der Waals surface area contributed by atoms with Crippen molar-refractivity contribution in [3.05, 3.63) is 34.6 Å². The van der Waals surface area contributed by atoms with Crippen LogP contribution in [0.5, 0.6) is 0 Å². The molecule has 0 aromatic heterocycles. The molecular formula is C14H20ClFN2. The zero-order valence-electron chi connectivity index (χ0n) is 10.6. The van der Waals surface area contributed by atoms with Crippen molar-refractivity contribution in [3.8, 4) is 0 Å². The number of piperidine rings is 1. The van der Waals surface area contributed by atoms with Crippen molar-refractivity contribution < 1.29 is 4.39 Å². The van der Waals surface area contributed by atoms with Gasteiger partial charge in [0.15, 0.2) is 0 Å². The first-order chi connectivity index (χ1) is 8.75. The van der Waals surface area contributed by atoms with Crippen LogP contribution in [0.3, 0.4) is 0 Å². The Kier molecular flexibility index (Phi) is 5.42. The van der Waals surface area contributed by atoms with Crippen LogP contribution in [0.25, 0.3) is 0 Å². The van der Waals surface area contributed by atoms with Gasteiger partial charge >= 0.3 is 0 Å². The summed E-state index contributed by atoms with van der Waals surface area (Å²) >= 11 is 5.97. The Morgan fingerprint density at radius 2 is 2.00 bits per heavy atom. The first-order valence-corrected chi connectivity index (χ1v) is 7.00. The predicted octanol–water partition coefficient (Wildman–Crippen LogP) is 3.05. The largest absolute Gasteiger partial charge is 0.311 e. The molecule has 100 valence electrons. The lowest BCUT2D eigenvalue weighted by atomic mass is 10.1. The average molecular weight is 271 g/mol. The number of nitrogens with zero attached hydrogens (tertiary/aromatic N) is 1. The smallest absolute Gasteiger partial charge is 0.124 e. The molecular weight excluding hydrogens is 251 g/mol. The van der Waals surface area contributed by atoms with Gasteiger partial charge in [-0.2, -0.15) is 0 Å². The Morgan fingerprint density at radius 3 is 2.72 bits per heavy atom. The van der Waals surface area contributed by atoms with Gasteiger partial charge in [0.1, 0.15) is 5.82 Å². The van der Waals surface area contributed by atoms with Crippen molar-refractivity contribution in [2.24, 2.45) is 0 Å². The minimum atomic E-state index is -0.280. The molecule has 1 saturated heterocycles. The summed E-state index contributed by atoms with van der Waals surface area (Å²) in [6, 6.07) is 4.56. The van der Waals surface area contributed by atoms with E-state index in [0.29, 0.717) is 11.6 Å². The third-order valence-corrected chi connectivity index (χ3v) is 3.74. The summed E-state index contributed by atoms with van der Waals surface area (Å²) < 4.78 is 12.9. The van der Waals surface area contributed by atoms with Crippen LogP contribution >= 0.6 is 11.6 Å². The Bertz CT molecular complexity index is 378. The zero-order valence-corrected chi connectivity index (χ0v) is 11.3.